The summed E-state index contributed by atoms with van der Waals surface area (Å²) in [6.07, 6.45) is 3.20. The number of amides is 3. The van der Waals surface area contributed by atoms with Crippen LogP contribution in [0.2, 0.25) is 0 Å². The number of hydrogen-bond acceptors (Lipinski definition) is 6. The van der Waals surface area contributed by atoms with Crippen molar-refractivity contribution in [2.45, 2.75) is 50.5 Å². The molecular formula is C19H27N3O6S. The highest BCUT2D eigenvalue weighted by molar-refractivity contribution is 7.89. The summed E-state index contributed by atoms with van der Waals surface area (Å²) in [5.41, 5.74) is -0.144. The third-order valence-corrected chi connectivity index (χ3v) is 6.57. The summed E-state index contributed by atoms with van der Waals surface area (Å²) in [4.78, 5) is 35.7. The standard InChI is InChI=1S/C19H27N3O6S/c1-3-14(2)20-19(25)21-17(23)13-28-18(24)15-9-5-6-10-16(15)29(26,27)22-11-7-4-8-12-22/h5-6,9-10,14H,3-4,7-8,11-13H2,1-2H3,(H2,20,21,23,25)/t14-/m1/s1. The van der Waals surface area contributed by atoms with Crippen molar-refractivity contribution in [2.75, 3.05) is 19.7 Å². The molecule has 0 saturated carbocycles. The van der Waals surface area contributed by atoms with Crippen molar-refractivity contribution in [3.63, 3.8) is 0 Å². The minimum Gasteiger partial charge on any atom is -0.452 e. The van der Waals surface area contributed by atoms with Crippen LogP contribution in [0.25, 0.3) is 0 Å². The predicted molar refractivity (Wildman–Crippen MR) is 106 cm³/mol. The number of nitrogens with one attached hydrogen (secondary N) is 2. The van der Waals surface area contributed by atoms with Crippen molar-refractivity contribution in [3.05, 3.63) is 29.8 Å². The Balaban J connectivity index is 2.03. The summed E-state index contributed by atoms with van der Waals surface area (Å²) >= 11 is 0. The molecule has 1 aromatic carbocycles. The average Bonchev–Trinajstić information content (AvgIpc) is 2.72. The highest BCUT2D eigenvalue weighted by Crippen LogP contribution is 2.24. The number of urea groups is 1. The minimum atomic E-state index is -3.84. The Morgan fingerprint density at radius 1 is 1.14 bits per heavy atom. The van der Waals surface area contributed by atoms with Gasteiger partial charge in [0.2, 0.25) is 10.0 Å². The SMILES string of the molecule is CC[C@@H](C)NC(=O)NC(=O)COC(=O)c1ccccc1S(=O)(=O)N1CCCCC1. The summed E-state index contributed by atoms with van der Waals surface area (Å²) in [5.74, 6) is -1.76. The van der Waals surface area contributed by atoms with E-state index in [9.17, 15) is 22.8 Å². The lowest BCUT2D eigenvalue weighted by Gasteiger charge is -2.26. The van der Waals surface area contributed by atoms with E-state index in [4.69, 9.17) is 4.74 Å². The van der Waals surface area contributed by atoms with Gasteiger partial charge in [-0.3, -0.25) is 10.1 Å². The largest absolute Gasteiger partial charge is 0.452 e. The quantitative estimate of drug-likeness (QED) is 0.641. The normalized spacial score (nSPS) is 15.9. The molecule has 1 atom stereocenters. The fraction of sp³-hybridized carbons (Fsp3) is 0.526. The van der Waals surface area contributed by atoms with Crippen LogP contribution < -0.4 is 10.6 Å². The van der Waals surface area contributed by atoms with Crippen molar-refractivity contribution in [1.82, 2.24) is 14.9 Å². The average molecular weight is 426 g/mol. The molecule has 160 valence electrons. The van der Waals surface area contributed by atoms with Gasteiger partial charge in [0.1, 0.15) is 0 Å². The summed E-state index contributed by atoms with van der Waals surface area (Å²) in [7, 11) is -3.84. The van der Waals surface area contributed by atoms with E-state index in [0.29, 0.717) is 19.5 Å². The van der Waals surface area contributed by atoms with Crippen molar-refractivity contribution in [3.8, 4) is 0 Å². The van der Waals surface area contributed by atoms with E-state index in [-0.39, 0.29) is 16.5 Å². The first-order valence-electron chi connectivity index (χ1n) is 9.62. The smallest absolute Gasteiger partial charge is 0.340 e. The first-order valence-corrected chi connectivity index (χ1v) is 11.1. The Labute approximate surface area is 170 Å². The zero-order valence-electron chi connectivity index (χ0n) is 16.6. The summed E-state index contributed by atoms with van der Waals surface area (Å²) in [6, 6.07) is 4.93. The van der Waals surface area contributed by atoms with Crippen LogP contribution in [-0.2, 0) is 19.6 Å². The van der Waals surface area contributed by atoms with E-state index in [2.05, 4.69) is 10.6 Å². The number of piperidine rings is 1. The van der Waals surface area contributed by atoms with Crippen LogP contribution in [-0.4, -0.2) is 56.4 Å². The van der Waals surface area contributed by atoms with E-state index in [1.54, 1.807) is 6.92 Å². The molecule has 9 nitrogen and oxygen atoms in total. The number of benzene rings is 1. The number of sulfonamides is 1. The van der Waals surface area contributed by atoms with Crippen LogP contribution >= 0.6 is 0 Å². The van der Waals surface area contributed by atoms with Gasteiger partial charge in [-0.15, -0.1) is 0 Å². The number of ether oxygens (including phenoxy) is 1. The molecule has 0 aromatic heterocycles. The third-order valence-electron chi connectivity index (χ3n) is 4.62. The topological polar surface area (TPSA) is 122 Å². The van der Waals surface area contributed by atoms with Gasteiger partial charge in [0.05, 0.1) is 10.5 Å². The molecule has 29 heavy (non-hydrogen) atoms. The Bertz CT molecular complexity index is 849. The maximum absolute atomic E-state index is 12.9. The third kappa shape index (κ3) is 6.26. The molecule has 1 aromatic rings. The first-order chi connectivity index (χ1) is 13.8. The summed E-state index contributed by atoms with van der Waals surface area (Å²) in [6.45, 7) is 3.76. The van der Waals surface area contributed by atoms with Crippen LogP contribution in [0.1, 0.15) is 49.9 Å². The van der Waals surface area contributed by atoms with Gasteiger partial charge < -0.3 is 10.1 Å². The molecule has 1 aliphatic heterocycles. The molecule has 10 heteroatoms. The highest BCUT2D eigenvalue weighted by atomic mass is 32.2. The van der Waals surface area contributed by atoms with Crippen molar-refractivity contribution < 1.29 is 27.5 Å². The van der Waals surface area contributed by atoms with Crippen LogP contribution in [0.4, 0.5) is 4.79 Å². The van der Waals surface area contributed by atoms with Crippen LogP contribution in [0, 0.1) is 0 Å². The summed E-state index contributed by atoms with van der Waals surface area (Å²) < 4.78 is 32.1. The van der Waals surface area contributed by atoms with Crippen LogP contribution in [0.3, 0.4) is 0 Å². The van der Waals surface area contributed by atoms with E-state index < -0.39 is 34.5 Å². The fourth-order valence-electron chi connectivity index (χ4n) is 2.84. The fourth-order valence-corrected chi connectivity index (χ4v) is 4.53. The monoisotopic (exact) mass is 425 g/mol. The van der Waals surface area contributed by atoms with E-state index >= 15 is 0 Å². The lowest BCUT2D eigenvalue weighted by Crippen LogP contribution is -2.44. The number of hydrogen-bond donors (Lipinski definition) is 2. The van der Waals surface area contributed by atoms with Gasteiger partial charge in [0.25, 0.3) is 5.91 Å². The molecule has 2 N–H and O–H groups in total. The molecule has 1 saturated heterocycles. The van der Waals surface area contributed by atoms with Crippen LogP contribution in [0.15, 0.2) is 29.2 Å². The van der Waals surface area contributed by atoms with E-state index in [1.165, 1.54) is 28.6 Å². The second kappa shape index (κ2) is 10.4. The molecule has 0 radical (unpaired) electrons. The van der Waals surface area contributed by atoms with Crippen LogP contribution in [0.5, 0.6) is 0 Å². The first kappa shape index (κ1) is 22.8. The number of esters is 1. The van der Waals surface area contributed by atoms with Crippen molar-refractivity contribution in [2.24, 2.45) is 0 Å². The second-order valence-electron chi connectivity index (χ2n) is 6.87. The van der Waals surface area contributed by atoms with Gasteiger partial charge in [0.15, 0.2) is 6.61 Å². The zero-order chi connectivity index (χ0) is 21.4. The molecule has 2 rings (SSSR count). The molecule has 0 aliphatic carbocycles. The van der Waals surface area contributed by atoms with E-state index in [0.717, 1.165) is 19.3 Å². The Hall–Kier alpha value is -2.46. The van der Waals surface area contributed by atoms with Gasteiger partial charge in [-0.05, 0) is 38.3 Å². The van der Waals surface area contributed by atoms with Gasteiger partial charge in [-0.1, -0.05) is 25.5 Å². The van der Waals surface area contributed by atoms with E-state index in [1.807, 2.05) is 6.92 Å². The van der Waals surface area contributed by atoms with Gasteiger partial charge in [-0.25, -0.2) is 18.0 Å². The Kier molecular flexibility index (Phi) is 8.15. The maximum Gasteiger partial charge on any atom is 0.340 e. The van der Waals surface area contributed by atoms with Crippen molar-refractivity contribution in [1.29, 1.82) is 0 Å². The molecule has 1 fully saturated rings. The number of rotatable bonds is 7. The Morgan fingerprint density at radius 3 is 2.45 bits per heavy atom. The molecule has 3 amide bonds. The predicted octanol–water partition coefficient (Wildman–Crippen LogP) is 1.64. The van der Waals surface area contributed by atoms with Gasteiger partial charge >= 0.3 is 12.0 Å². The van der Waals surface area contributed by atoms with Crippen molar-refractivity contribution >= 4 is 27.9 Å². The summed E-state index contributed by atoms with van der Waals surface area (Å²) in [5, 5.41) is 4.60. The maximum atomic E-state index is 12.9. The Morgan fingerprint density at radius 2 is 1.79 bits per heavy atom. The molecule has 0 bridgehead atoms. The number of nitrogens with zero attached hydrogens (tertiary/aromatic N) is 1. The second-order valence-corrected chi connectivity index (χ2v) is 8.77. The molecule has 1 heterocycles. The lowest BCUT2D eigenvalue weighted by molar-refractivity contribution is -0.123. The molecule has 1 aliphatic rings. The number of carbonyl (C=O) groups excluding carboxylic acids is 3. The number of carbonyl (C=O) groups is 3. The molecule has 0 spiro atoms. The van der Waals surface area contributed by atoms with Gasteiger partial charge in [0, 0.05) is 19.1 Å². The molecule has 0 unspecified atom stereocenters. The number of imide groups is 1. The lowest BCUT2D eigenvalue weighted by atomic mass is 10.2. The highest BCUT2D eigenvalue weighted by Gasteiger charge is 2.30. The minimum absolute atomic E-state index is 0.114. The van der Waals surface area contributed by atoms with Gasteiger partial charge in [-0.2, -0.15) is 4.31 Å². The molecular weight excluding hydrogens is 398 g/mol. The zero-order valence-corrected chi connectivity index (χ0v) is 17.5.